The van der Waals surface area contributed by atoms with Crippen LogP contribution in [0.2, 0.25) is 0 Å². The zero-order valence-corrected chi connectivity index (χ0v) is 12.0. The summed E-state index contributed by atoms with van der Waals surface area (Å²) in [5, 5.41) is 0. The largest absolute Gasteiger partial charge is 0.493 e. The average molecular weight is 285 g/mol. The molecule has 0 fully saturated rings. The molecule has 0 radical (unpaired) electrons. The number of hydrogen-bond donors (Lipinski definition) is 0. The maximum atomic E-state index is 5.76. The number of hydrogen-bond acceptors (Lipinski definition) is 5. The van der Waals surface area contributed by atoms with Crippen molar-refractivity contribution in [2.75, 3.05) is 21.3 Å². The molecule has 0 atom stereocenters. The Morgan fingerprint density at radius 1 is 0.905 bits per heavy atom. The minimum atomic E-state index is 0.510. The average Bonchev–Trinajstić information content (AvgIpc) is 2.97. The number of nitrogens with zero attached hydrogens (tertiary/aromatic N) is 1. The Morgan fingerprint density at radius 3 is 2.14 bits per heavy atom. The molecule has 1 heterocycles. The highest BCUT2D eigenvalue weighted by Gasteiger charge is 2.17. The molecule has 5 nitrogen and oxygen atoms in total. The Bertz CT molecular complexity index is 721. The van der Waals surface area contributed by atoms with Gasteiger partial charge in [-0.15, -0.1) is 0 Å². The number of fused-ring (bicyclic) bond motifs is 1. The lowest BCUT2D eigenvalue weighted by Crippen LogP contribution is -1.95. The summed E-state index contributed by atoms with van der Waals surface area (Å²) in [6.07, 6.45) is 0. The predicted molar refractivity (Wildman–Crippen MR) is 79.1 cm³/mol. The van der Waals surface area contributed by atoms with Crippen LogP contribution < -0.4 is 14.2 Å². The van der Waals surface area contributed by atoms with Gasteiger partial charge in [0.2, 0.25) is 11.6 Å². The summed E-state index contributed by atoms with van der Waals surface area (Å²) in [4.78, 5) is 4.47. The minimum absolute atomic E-state index is 0.510. The summed E-state index contributed by atoms with van der Waals surface area (Å²) in [5.41, 5.74) is 2.31. The van der Waals surface area contributed by atoms with Crippen LogP contribution in [0.15, 0.2) is 40.8 Å². The van der Waals surface area contributed by atoms with Crippen LogP contribution in [0.5, 0.6) is 17.2 Å². The lowest BCUT2D eigenvalue weighted by molar-refractivity contribution is 0.324. The zero-order valence-electron chi connectivity index (χ0n) is 12.0. The normalized spacial score (nSPS) is 10.6. The lowest BCUT2D eigenvalue weighted by Gasteiger charge is -2.12. The first-order valence-corrected chi connectivity index (χ1v) is 6.42. The van der Waals surface area contributed by atoms with Gasteiger partial charge in [0.1, 0.15) is 5.52 Å². The van der Waals surface area contributed by atoms with Crippen LogP contribution in [-0.2, 0) is 0 Å². The van der Waals surface area contributed by atoms with E-state index in [1.54, 1.807) is 21.3 Å². The van der Waals surface area contributed by atoms with Gasteiger partial charge in [-0.1, -0.05) is 12.1 Å². The lowest BCUT2D eigenvalue weighted by atomic mass is 10.2. The molecule has 0 aliphatic carbocycles. The van der Waals surface area contributed by atoms with E-state index in [-0.39, 0.29) is 0 Å². The number of benzene rings is 2. The summed E-state index contributed by atoms with van der Waals surface area (Å²) in [7, 11) is 4.72. The third-order valence-electron chi connectivity index (χ3n) is 3.21. The van der Waals surface area contributed by atoms with E-state index in [4.69, 9.17) is 18.6 Å². The van der Waals surface area contributed by atoms with Crippen molar-refractivity contribution < 1.29 is 18.6 Å². The molecular weight excluding hydrogens is 270 g/mol. The van der Waals surface area contributed by atoms with E-state index in [2.05, 4.69) is 4.98 Å². The third kappa shape index (κ3) is 2.27. The molecule has 0 aliphatic heterocycles. The highest BCUT2D eigenvalue weighted by molar-refractivity contribution is 5.77. The quantitative estimate of drug-likeness (QED) is 0.734. The third-order valence-corrected chi connectivity index (χ3v) is 3.21. The number of para-hydroxylation sites is 2. The molecule has 0 saturated heterocycles. The van der Waals surface area contributed by atoms with Gasteiger partial charge in [0.15, 0.2) is 17.1 Å². The molecule has 0 spiro atoms. The van der Waals surface area contributed by atoms with Gasteiger partial charge in [-0.25, -0.2) is 4.98 Å². The number of aromatic nitrogens is 1. The number of rotatable bonds is 4. The predicted octanol–water partition coefficient (Wildman–Crippen LogP) is 3.52. The van der Waals surface area contributed by atoms with Crippen molar-refractivity contribution in [3.05, 3.63) is 36.4 Å². The molecule has 3 rings (SSSR count). The van der Waals surface area contributed by atoms with Crippen LogP contribution in [0.1, 0.15) is 0 Å². The van der Waals surface area contributed by atoms with E-state index in [0.29, 0.717) is 23.1 Å². The van der Waals surface area contributed by atoms with Crippen LogP contribution >= 0.6 is 0 Å². The first-order chi connectivity index (χ1) is 10.3. The van der Waals surface area contributed by atoms with Crippen LogP contribution in [0, 0.1) is 0 Å². The van der Waals surface area contributed by atoms with Gasteiger partial charge in [-0.2, -0.15) is 0 Å². The van der Waals surface area contributed by atoms with Crippen molar-refractivity contribution in [1.29, 1.82) is 0 Å². The summed E-state index contributed by atoms with van der Waals surface area (Å²) < 4.78 is 21.8. The highest BCUT2D eigenvalue weighted by Crippen LogP contribution is 2.41. The van der Waals surface area contributed by atoms with E-state index in [1.807, 2.05) is 36.4 Å². The van der Waals surface area contributed by atoms with Gasteiger partial charge >= 0.3 is 0 Å². The van der Waals surface area contributed by atoms with Crippen molar-refractivity contribution >= 4 is 11.1 Å². The van der Waals surface area contributed by atoms with Crippen LogP contribution in [0.25, 0.3) is 22.6 Å². The van der Waals surface area contributed by atoms with Gasteiger partial charge in [-0.05, 0) is 24.3 Å². The van der Waals surface area contributed by atoms with E-state index >= 15 is 0 Å². The van der Waals surface area contributed by atoms with Gasteiger partial charge in [0.05, 0.1) is 21.3 Å². The molecule has 3 aromatic rings. The molecule has 5 heteroatoms. The highest BCUT2D eigenvalue weighted by atomic mass is 16.5. The number of methoxy groups -OCH3 is 3. The maximum Gasteiger partial charge on any atom is 0.227 e. The first kappa shape index (κ1) is 13.3. The standard InChI is InChI=1S/C16H15NO4/c1-18-13-8-10(9-14(19-2)15(13)20-3)16-17-11-6-4-5-7-12(11)21-16/h4-9H,1-3H3. The molecule has 0 saturated carbocycles. The minimum Gasteiger partial charge on any atom is -0.493 e. The number of ether oxygens (including phenoxy) is 3. The van der Waals surface area contributed by atoms with Gasteiger partial charge in [0.25, 0.3) is 0 Å². The van der Waals surface area contributed by atoms with Crippen LogP contribution in [0.3, 0.4) is 0 Å². The first-order valence-electron chi connectivity index (χ1n) is 6.42. The van der Waals surface area contributed by atoms with Gasteiger partial charge < -0.3 is 18.6 Å². The fraction of sp³-hybridized carbons (Fsp3) is 0.188. The van der Waals surface area contributed by atoms with Gasteiger partial charge in [-0.3, -0.25) is 0 Å². The van der Waals surface area contributed by atoms with Crippen molar-refractivity contribution in [3.63, 3.8) is 0 Å². The van der Waals surface area contributed by atoms with E-state index < -0.39 is 0 Å². The SMILES string of the molecule is COc1cc(-c2nc3ccccc3o2)cc(OC)c1OC. The summed E-state index contributed by atoms with van der Waals surface area (Å²) in [5.74, 6) is 2.18. The fourth-order valence-electron chi connectivity index (χ4n) is 2.20. The van der Waals surface area contributed by atoms with Crippen molar-refractivity contribution in [2.45, 2.75) is 0 Å². The molecule has 0 aliphatic rings. The topological polar surface area (TPSA) is 53.7 Å². The smallest absolute Gasteiger partial charge is 0.227 e. The number of oxazole rings is 1. The zero-order chi connectivity index (χ0) is 14.8. The Labute approximate surface area is 122 Å². The van der Waals surface area contributed by atoms with Crippen LogP contribution in [-0.4, -0.2) is 26.3 Å². The molecule has 1 aromatic heterocycles. The van der Waals surface area contributed by atoms with Crippen molar-refractivity contribution in [1.82, 2.24) is 4.98 Å². The molecule has 0 amide bonds. The van der Waals surface area contributed by atoms with Crippen molar-refractivity contribution in [3.8, 4) is 28.7 Å². The molecule has 21 heavy (non-hydrogen) atoms. The Kier molecular flexibility index (Phi) is 3.39. The van der Waals surface area contributed by atoms with Crippen molar-refractivity contribution in [2.24, 2.45) is 0 Å². The summed E-state index contributed by atoms with van der Waals surface area (Å²) in [6, 6.07) is 11.2. The molecular formula is C16H15NO4. The second kappa shape index (κ2) is 5.36. The molecule has 2 aromatic carbocycles. The fourth-order valence-corrected chi connectivity index (χ4v) is 2.20. The molecule has 0 bridgehead atoms. The summed E-state index contributed by atoms with van der Waals surface area (Å²) >= 11 is 0. The van der Waals surface area contributed by atoms with E-state index in [0.717, 1.165) is 16.7 Å². The summed E-state index contributed by atoms with van der Waals surface area (Å²) in [6.45, 7) is 0. The second-order valence-corrected chi connectivity index (χ2v) is 4.40. The monoisotopic (exact) mass is 285 g/mol. The molecule has 0 N–H and O–H groups in total. The second-order valence-electron chi connectivity index (χ2n) is 4.40. The van der Waals surface area contributed by atoms with E-state index in [1.165, 1.54) is 0 Å². The molecule has 0 unspecified atom stereocenters. The molecule has 108 valence electrons. The maximum absolute atomic E-state index is 5.76. The van der Waals surface area contributed by atoms with E-state index in [9.17, 15) is 0 Å². The Balaban J connectivity index is 2.17. The Morgan fingerprint density at radius 2 is 1.57 bits per heavy atom. The Hall–Kier alpha value is -2.69. The van der Waals surface area contributed by atoms with Gasteiger partial charge in [0, 0.05) is 5.56 Å². The van der Waals surface area contributed by atoms with Crippen LogP contribution in [0.4, 0.5) is 0 Å².